The van der Waals surface area contributed by atoms with Gasteiger partial charge in [-0.25, -0.2) is 0 Å². The maximum Gasteiger partial charge on any atom is 0.262 e. The van der Waals surface area contributed by atoms with E-state index in [0.29, 0.717) is 24.4 Å². The highest BCUT2D eigenvalue weighted by Crippen LogP contribution is 2.16. The van der Waals surface area contributed by atoms with Gasteiger partial charge in [0.2, 0.25) is 11.8 Å². The van der Waals surface area contributed by atoms with Crippen molar-refractivity contribution in [1.29, 1.82) is 0 Å². The lowest BCUT2D eigenvalue weighted by atomic mass is 9.99. The number of likely N-dealkylation sites (tertiary alicyclic amines) is 1. The lowest BCUT2D eigenvalue weighted by Crippen LogP contribution is -2.56. The fourth-order valence-corrected chi connectivity index (χ4v) is 3.58. The summed E-state index contributed by atoms with van der Waals surface area (Å²) in [5.41, 5.74) is 0. The van der Waals surface area contributed by atoms with Gasteiger partial charge in [0, 0.05) is 25.6 Å². The smallest absolute Gasteiger partial charge is 0.262 e. The van der Waals surface area contributed by atoms with Crippen molar-refractivity contribution in [2.75, 3.05) is 13.1 Å². The maximum absolute atomic E-state index is 12.9. The van der Waals surface area contributed by atoms with E-state index in [2.05, 4.69) is 10.6 Å². The second-order valence-electron chi connectivity index (χ2n) is 6.72. The van der Waals surface area contributed by atoms with E-state index in [9.17, 15) is 14.4 Å². The fourth-order valence-electron chi connectivity index (χ4n) is 2.96. The van der Waals surface area contributed by atoms with E-state index in [1.54, 1.807) is 11.0 Å². The van der Waals surface area contributed by atoms with Gasteiger partial charge in [0.25, 0.3) is 5.91 Å². The molecule has 2 rings (SSSR count). The summed E-state index contributed by atoms with van der Waals surface area (Å²) >= 11 is 1.36. The summed E-state index contributed by atoms with van der Waals surface area (Å²) < 4.78 is 0. The van der Waals surface area contributed by atoms with Crippen LogP contribution in [0.4, 0.5) is 0 Å². The summed E-state index contributed by atoms with van der Waals surface area (Å²) in [6, 6.07) is 3.00. The molecule has 25 heavy (non-hydrogen) atoms. The van der Waals surface area contributed by atoms with Gasteiger partial charge in [-0.2, -0.15) is 0 Å². The quantitative estimate of drug-likeness (QED) is 0.809. The standard InChI is InChI=1S/C18H27N3O3S/c1-4-15(22)19-13-7-5-9-21(11-13)18(24)16(12(2)3)20-17(23)14-8-6-10-25-14/h6,8,10,12-13,16H,4-5,7,9,11H2,1-3H3,(H,19,22)(H,20,23). The van der Waals surface area contributed by atoms with Gasteiger partial charge >= 0.3 is 0 Å². The van der Waals surface area contributed by atoms with Crippen molar-refractivity contribution < 1.29 is 14.4 Å². The Labute approximate surface area is 153 Å². The summed E-state index contributed by atoms with van der Waals surface area (Å²) in [6.07, 6.45) is 2.17. The number of hydrogen-bond acceptors (Lipinski definition) is 4. The van der Waals surface area contributed by atoms with Crippen LogP contribution < -0.4 is 10.6 Å². The van der Waals surface area contributed by atoms with E-state index < -0.39 is 6.04 Å². The molecular formula is C18H27N3O3S. The molecule has 1 aromatic rings. The minimum absolute atomic E-state index is 0.00528. The van der Waals surface area contributed by atoms with Gasteiger partial charge in [0.1, 0.15) is 6.04 Å². The van der Waals surface area contributed by atoms with Crippen LogP contribution >= 0.6 is 11.3 Å². The van der Waals surface area contributed by atoms with E-state index >= 15 is 0 Å². The highest BCUT2D eigenvalue weighted by molar-refractivity contribution is 7.12. The van der Waals surface area contributed by atoms with Gasteiger partial charge in [0.15, 0.2) is 0 Å². The minimum Gasteiger partial charge on any atom is -0.352 e. The third-order valence-corrected chi connectivity index (χ3v) is 5.25. The summed E-state index contributed by atoms with van der Waals surface area (Å²) in [5, 5.41) is 7.68. The van der Waals surface area contributed by atoms with E-state index in [4.69, 9.17) is 0 Å². The molecule has 1 fully saturated rings. The van der Waals surface area contributed by atoms with Gasteiger partial charge in [-0.15, -0.1) is 11.3 Å². The van der Waals surface area contributed by atoms with Gasteiger partial charge < -0.3 is 15.5 Å². The zero-order valence-electron chi connectivity index (χ0n) is 15.1. The molecule has 0 aromatic carbocycles. The largest absolute Gasteiger partial charge is 0.352 e. The molecule has 1 aromatic heterocycles. The van der Waals surface area contributed by atoms with Gasteiger partial charge in [-0.05, 0) is 30.2 Å². The minimum atomic E-state index is -0.560. The SMILES string of the molecule is CCC(=O)NC1CCCN(C(=O)C(NC(=O)c2cccs2)C(C)C)C1. The van der Waals surface area contributed by atoms with Crippen LogP contribution in [-0.4, -0.2) is 47.8 Å². The monoisotopic (exact) mass is 365 g/mol. The fraction of sp³-hybridized carbons (Fsp3) is 0.611. The predicted octanol–water partition coefficient (Wildman–Crippen LogP) is 2.02. The number of piperidine rings is 1. The Balaban J connectivity index is 2.01. The summed E-state index contributed by atoms with van der Waals surface area (Å²) in [5.74, 6) is -0.294. The Morgan fingerprint density at radius 1 is 1.36 bits per heavy atom. The number of nitrogens with one attached hydrogen (secondary N) is 2. The van der Waals surface area contributed by atoms with Crippen molar-refractivity contribution in [3.63, 3.8) is 0 Å². The zero-order valence-corrected chi connectivity index (χ0v) is 15.9. The number of hydrogen-bond donors (Lipinski definition) is 2. The Morgan fingerprint density at radius 2 is 2.12 bits per heavy atom. The first-order valence-electron chi connectivity index (χ1n) is 8.84. The Kier molecular flexibility index (Phi) is 6.99. The van der Waals surface area contributed by atoms with Crippen LogP contribution in [0.2, 0.25) is 0 Å². The maximum atomic E-state index is 12.9. The molecule has 0 aliphatic carbocycles. The van der Waals surface area contributed by atoms with Crippen LogP contribution in [0, 0.1) is 5.92 Å². The molecule has 1 saturated heterocycles. The molecule has 138 valence electrons. The van der Waals surface area contributed by atoms with Crippen LogP contribution in [0.15, 0.2) is 17.5 Å². The molecule has 6 nitrogen and oxygen atoms in total. The van der Waals surface area contributed by atoms with Crippen molar-refractivity contribution in [1.82, 2.24) is 15.5 Å². The second-order valence-corrected chi connectivity index (χ2v) is 7.66. The molecule has 1 aliphatic heterocycles. The van der Waals surface area contributed by atoms with Gasteiger partial charge in [-0.1, -0.05) is 26.8 Å². The van der Waals surface area contributed by atoms with E-state index in [1.807, 2.05) is 32.2 Å². The molecular weight excluding hydrogens is 338 g/mol. The van der Waals surface area contributed by atoms with Crippen molar-refractivity contribution in [3.05, 3.63) is 22.4 Å². The number of rotatable bonds is 6. The van der Waals surface area contributed by atoms with Crippen LogP contribution in [0.5, 0.6) is 0 Å². The highest BCUT2D eigenvalue weighted by atomic mass is 32.1. The highest BCUT2D eigenvalue weighted by Gasteiger charge is 2.32. The average molecular weight is 365 g/mol. The zero-order chi connectivity index (χ0) is 18.4. The molecule has 0 saturated carbocycles. The molecule has 2 unspecified atom stereocenters. The number of nitrogens with zero attached hydrogens (tertiary/aromatic N) is 1. The van der Waals surface area contributed by atoms with Crippen molar-refractivity contribution in [2.24, 2.45) is 5.92 Å². The topological polar surface area (TPSA) is 78.5 Å². The molecule has 2 atom stereocenters. The van der Waals surface area contributed by atoms with E-state index in [0.717, 1.165) is 12.8 Å². The first kappa shape index (κ1) is 19.4. The molecule has 2 N–H and O–H groups in total. The number of carbonyl (C=O) groups is 3. The summed E-state index contributed by atoms with van der Waals surface area (Å²) in [4.78, 5) is 39.3. The molecule has 7 heteroatoms. The number of thiophene rings is 1. The Hall–Kier alpha value is -1.89. The van der Waals surface area contributed by atoms with Crippen molar-refractivity contribution >= 4 is 29.1 Å². The first-order valence-corrected chi connectivity index (χ1v) is 9.72. The molecule has 0 spiro atoms. The summed E-state index contributed by atoms with van der Waals surface area (Å²) in [6.45, 7) is 6.84. The van der Waals surface area contributed by atoms with E-state index in [1.165, 1.54) is 11.3 Å². The molecule has 3 amide bonds. The molecule has 1 aliphatic rings. The van der Waals surface area contributed by atoms with Gasteiger partial charge in [0.05, 0.1) is 4.88 Å². The lowest BCUT2D eigenvalue weighted by Gasteiger charge is -2.36. The third kappa shape index (κ3) is 5.29. The first-order chi connectivity index (χ1) is 11.9. The predicted molar refractivity (Wildman–Crippen MR) is 98.4 cm³/mol. The molecule has 0 bridgehead atoms. The van der Waals surface area contributed by atoms with Crippen LogP contribution in [0.3, 0.4) is 0 Å². The van der Waals surface area contributed by atoms with Crippen LogP contribution in [-0.2, 0) is 9.59 Å². The lowest BCUT2D eigenvalue weighted by molar-refractivity contribution is -0.136. The number of carbonyl (C=O) groups excluding carboxylic acids is 3. The molecule has 0 radical (unpaired) electrons. The van der Waals surface area contributed by atoms with E-state index in [-0.39, 0.29) is 29.7 Å². The average Bonchev–Trinajstić information content (AvgIpc) is 3.13. The number of amides is 3. The van der Waals surface area contributed by atoms with Crippen molar-refractivity contribution in [2.45, 2.75) is 52.1 Å². The van der Waals surface area contributed by atoms with Crippen LogP contribution in [0.1, 0.15) is 49.7 Å². The Morgan fingerprint density at radius 3 is 2.72 bits per heavy atom. The normalized spacial score (nSPS) is 18.7. The summed E-state index contributed by atoms with van der Waals surface area (Å²) in [7, 11) is 0. The second kappa shape index (κ2) is 8.99. The van der Waals surface area contributed by atoms with Crippen molar-refractivity contribution in [3.8, 4) is 0 Å². The Bertz CT molecular complexity index is 601. The van der Waals surface area contributed by atoms with Crippen LogP contribution in [0.25, 0.3) is 0 Å². The van der Waals surface area contributed by atoms with Gasteiger partial charge in [-0.3, -0.25) is 14.4 Å². The third-order valence-electron chi connectivity index (χ3n) is 4.38. The molecule has 2 heterocycles.